The lowest BCUT2D eigenvalue weighted by Crippen LogP contribution is -2.23. The first-order valence-corrected chi connectivity index (χ1v) is 7.79. The van der Waals surface area contributed by atoms with Crippen molar-refractivity contribution in [3.8, 4) is 11.6 Å². The third-order valence-corrected chi connectivity index (χ3v) is 3.92. The van der Waals surface area contributed by atoms with E-state index < -0.39 is 0 Å². The van der Waals surface area contributed by atoms with Gasteiger partial charge in [0.25, 0.3) is 5.91 Å². The van der Waals surface area contributed by atoms with Crippen molar-refractivity contribution in [1.82, 2.24) is 10.3 Å². The second kappa shape index (κ2) is 7.02. The summed E-state index contributed by atoms with van der Waals surface area (Å²) in [6, 6.07) is 12.7. The Morgan fingerprint density at radius 2 is 2.00 bits per heavy atom. The van der Waals surface area contributed by atoms with Crippen LogP contribution in [0.3, 0.4) is 0 Å². The van der Waals surface area contributed by atoms with Crippen molar-refractivity contribution in [2.75, 3.05) is 0 Å². The summed E-state index contributed by atoms with van der Waals surface area (Å²) in [7, 11) is 0. The fourth-order valence-electron chi connectivity index (χ4n) is 1.94. The highest BCUT2D eigenvalue weighted by Crippen LogP contribution is 2.23. The number of thiophene rings is 1. The van der Waals surface area contributed by atoms with Gasteiger partial charge in [-0.05, 0) is 47.8 Å². The Bertz CT molecular complexity index is 789. The minimum absolute atomic E-state index is 0.183. The van der Waals surface area contributed by atoms with E-state index in [-0.39, 0.29) is 17.6 Å². The van der Waals surface area contributed by atoms with Gasteiger partial charge in [-0.1, -0.05) is 6.07 Å². The van der Waals surface area contributed by atoms with Crippen molar-refractivity contribution >= 4 is 17.2 Å². The van der Waals surface area contributed by atoms with Crippen molar-refractivity contribution in [2.45, 2.75) is 6.54 Å². The molecule has 1 aromatic carbocycles. The number of aromatic nitrogens is 1. The maximum absolute atomic E-state index is 12.9. The fraction of sp³-hybridized carbons (Fsp3) is 0.0588. The summed E-state index contributed by atoms with van der Waals surface area (Å²) in [5.41, 5.74) is 0.327. The first-order chi connectivity index (χ1) is 11.2. The third kappa shape index (κ3) is 3.92. The van der Waals surface area contributed by atoms with Gasteiger partial charge in [-0.3, -0.25) is 4.79 Å². The molecule has 0 unspecified atom stereocenters. The van der Waals surface area contributed by atoms with E-state index in [0.717, 1.165) is 4.88 Å². The van der Waals surface area contributed by atoms with Crippen LogP contribution in [0, 0.1) is 5.82 Å². The van der Waals surface area contributed by atoms with E-state index in [4.69, 9.17) is 4.74 Å². The first-order valence-electron chi connectivity index (χ1n) is 6.91. The topological polar surface area (TPSA) is 51.2 Å². The number of halogens is 1. The number of rotatable bonds is 5. The highest BCUT2D eigenvalue weighted by atomic mass is 32.1. The molecule has 3 rings (SSSR count). The summed E-state index contributed by atoms with van der Waals surface area (Å²) in [6.07, 6.45) is 1.54. The number of benzene rings is 1. The Labute approximate surface area is 136 Å². The van der Waals surface area contributed by atoms with Crippen molar-refractivity contribution in [2.24, 2.45) is 0 Å². The molecule has 2 aromatic heterocycles. The summed E-state index contributed by atoms with van der Waals surface area (Å²) >= 11 is 1.57. The average molecular weight is 328 g/mol. The first kappa shape index (κ1) is 15.2. The second-order valence-corrected chi connectivity index (χ2v) is 5.71. The second-order valence-electron chi connectivity index (χ2n) is 4.67. The van der Waals surface area contributed by atoms with E-state index in [1.54, 1.807) is 23.5 Å². The van der Waals surface area contributed by atoms with Gasteiger partial charge < -0.3 is 10.1 Å². The van der Waals surface area contributed by atoms with Gasteiger partial charge in [0.15, 0.2) is 0 Å². The molecule has 6 heteroatoms. The van der Waals surface area contributed by atoms with Crippen LogP contribution in [0.25, 0.3) is 0 Å². The Morgan fingerprint density at radius 1 is 1.17 bits per heavy atom. The van der Waals surface area contributed by atoms with E-state index in [9.17, 15) is 9.18 Å². The number of hydrogen-bond donors (Lipinski definition) is 1. The van der Waals surface area contributed by atoms with E-state index >= 15 is 0 Å². The molecule has 2 heterocycles. The fourth-order valence-corrected chi connectivity index (χ4v) is 2.58. The summed E-state index contributed by atoms with van der Waals surface area (Å²) in [5.74, 6) is -0.0314. The van der Waals surface area contributed by atoms with E-state index in [1.165, 1.54) is 30.5 Å². The smallest absolute Gasteiger partial charge is 0.257 e. The molecule has 0 fully saturated rings. The zero-order valence-electron chi connectivity index (χ0n) is 12.0. The summed E-state index contributed by atoms with van der Waals surface area (Å²) < 4.78 is 18.5. The minimum Gasteiger partial charge on any atom is -0.438 e. The van der Waals surface area contributed by atoms with Crippen molar-refractivity contribution in [3.63, 3.8) is 0 Å². The molecule has 0 aliphatic heterocycles. The lowest BCUT2D eigenvalue weighted by Gasteiger charge is -2.10. The molecular formula is C17H13FN2O2S. The van der Waals surface area contributed by atoms with Crippen LogP contribution in [0.2, 0.25) is 0 Å². The molecule has 0 aliphatic rings. The molecule has 0 bridgehead atoms. The highest BCUT2D eigenvalue weighted by molar-refractivity contribution is 7.09. The van der Waals surface area contributed by atoms with Gasteiger partial charge in [0.1, 0.15) is 17.1 Å². The van der Waals surface area contributed by atoms with Gasteiger partial charge in [0.05, 0.1) is 6.54 Å². The number of pyridine rings is 1. The van der Waals surface area contributed by atoms with Crippen LogP contribution in [0.4, 0.5) is 4.39 Å². The normalized spacial score (nSPS) is 10.3. The van der Waals surface area contributed by atoms with Crippen LogP contribution >= 0.6 is 11.3 Å². The summed E-state index contributed by atoms with van der Waals surface area (Å²) in [5, 5.41) is 4.78. The van der Waals surface area contributed by atoms with Crippen LogP contribution in [-0.4, -0.2) is 10.9 Å². The van der Waals surface area contributed by atoms with E-state index in [0.29, 0.717) is 17.9 Å². The Hall–Kier alpha value is -2.73. The average Bonchev–Trinajstić information content (AvgIpc) is 3.09. The molecule has 0 saturated carbocycles. The van der Waals surface area contributed by atoms with Crippen molar-refractivity contribution in [3.05, 3.63) is 76.4 Å². The molecule has 23 heavy (non-hydrogen) atoms. The number of amides is 1. The SMILES string of the molecule is O=C(NCc1cccs1)c1cccnc1Oc1ccc(F)cc1. The van der Waals surface area contributed by atoms with E-state index in [1.807, 2.05) is 17.5 Å². The lowest BCUT2D eigenvalue weighted by atomic mass is 10.2. The van der Waals surface area contributed by atoms with Gasteiger partial charge in [-0.25, -0.2) is 9.37 Å². The minimum atomic E-state index is -0.354. The highest BCUT2D eigenvalue weighted by Gasteiger charge is 2.14. The zero-order valence-corrected chi connectivity index (χ0v) is 12.8. The summed E-state index contributed by atoms with van der Waals surface area (Å²) in [6.45, 7) is 0.446. The predicted octanol–water partition coefficient (Wildman–Crippen LogP) is 4.00. The maximum Gasteiger partial charge on any atom is 0.257 e. The molecule has 0 atom stereocenters. The van der Waals surface area contributed by atoms with Crippen LogP contribution in [-0.2, 0) is 6.54 Å². The number of nitrogens with one attached hydrogen (secondary N) is 1. The molecule has 116 valence electrons. The van der Waals surface area contributed by atoms with Crippen LogP contribution in [0.1, 0.15) is 15.2 Å². The predicted molar refractivity (Wildman–Crippen MR) is 86.2 cm³/mol. The Morgan fingerprint density at radius 3 is 2.74 bits per heavy atom. The molecule has 0 saturated heterocycles. The molecule has 1 amide bonds. The van der Waals surface area contributed by atoms with Gasteiger partial charge >= 0.3 is 0 Å². The van der Waals surface area contributed by atoms with Crippen molar-refractivity contribution < 1.29 is 13.9 Å². The van der Waals surface area contributed by atoms with Crippen LogP contribution in [0.15, 0.2) is 60.1 Å². The molecule has 1 N–H and O–H groups in total. The molecule has 0 radical (unpaired) electrons. The lowest BCUT2D eigenvalue weighted by molar-refractivity contribution is 0.0948. The van der Waals surface area contributed by atoms with Gasteiger partial charge in [-0.2, -0.15) is 0 Å². The Kier molecular flexibility index (Phi) is 4.63. The van der Waals surface area contributed by atoms with Crippen LogP contribution < -0.4 is 10.1 Å². The van der Waals surface area contributed by atoms with Crippen molar-refractivity contribution in [1.29, 1.82) is 0 Å². The number of hydrogen-bond acceptors (Lipinski definition) is 4. The Balaban J connectivity index is 1.74. The maximum atomic E-state index is 12.9. The third-order valence-electron chi connectivity index (χ3n) is 3.05. The number of nitrogens with zero attached hydrogens (tertiary/aromatic N) is 1. The van der Waals surface area contributed by atoms with Gasteiger partial charge in [0, 0.05) is 11.1 Å². The molecule has 0 aliphatic carbocycles. The largest absolute Gasteiger partial charge is 0.438 e. The monoisotopic (exact) mass is 328 g/mol. The van der Waals surface area contributed by atoms with Crippen LogP contribution in [0.5, 0.6) is 11.6 Å². The number of ether oxygens (including phenoxy) is 1. The molecule has 0 spiro atoms. The molecule has 3 aromatic rings. The number of carbonyl (C=O) groups is 1. The standard InChI is InChI=1S/C17H13FN2O2S/c18-12-5-7-13(8-6-12)22-17-15(4-1-9-19-17)16(21)20-11-14-3-2-10-23-14/h1-10H,11H2,(H,20,21). The van der Waals surface area contributed by atoms with E-state index in [2.05, 4.69) is 10.3 Å². The quantitative estimate of drug-likeness (QED) is 0.770. The number of carbonyl (C=O) groups excluding carboxylic acids is 1. The van der Waals surface area contributed by atoms with Gasteiger partial charge in [-0.15, -0.1) is 11.3 Å². The van der Waals surface area contributed by atoms with Gasteiger partial charge in [0.2, 0.25) is 5.88 Å². The zero-order chi connectivity index (χ0) is 16.1. The molecule has 4 nitrogen and oxygen atoms in total. The molecular weight excluding hydrogens is 315 g/mol. The summed E-state index contributed by atoms with van der Waals surface area (Å²) in [4.78, 5) is 17.5.